The number of hydrogen-bond donors (Lipinski definition) is 2. The number of aryl methyl sites for hydroxylation is 1. The minimum atomic E-state index is -0.556. The van der Waals surface area contributed by atoms with Crippen molar-refractivity contribution in [3.8, 4) is 6.07 Å². The highest BCUT2D eigenvalue weighted by molar-refractivity contribution is 5.91. The lowest BCUT2D eigenvalue weighted by Gasteiger charge is -2.09. The number of para-hydroxylation sites is 2. The van der Waals surface area contributed by atoms with E-state index in [1.807, 2.05) is 44.2 Å². The average Bonchev–Trinajstić information content (AvgIpc) is 3.06. The number of allylic oxidation sites excluding steroid dienone is 1. The van der Waals surface area contributed by atoms with Gasteiger partial charge in [-0.3, -0.25) is 0 Å². The first-order valence-electron chi connectivity index (χ1n) is 8.02. The number of rotatable bonds is 4. The molecular weight excluding hydrogens is 330 g/mol. The van der Waals surface area contributed by atoms with Gasteiger partial charge in [-0.1, -0.05) is 24.3 Å². The Bertz CT molecular complexity index is 1020. The van der Waals surface area contributed by atoms with Crippen molar-refractivity contribution in [2.45, 2.75) is 13.8 Å². The molecule has 130 valence electrons. The molecule has 0 spiro atoms. The molecular formula is C20H17N3O3. The molecule has 0 aliphatic carbocycles. The van der Waals surface area contributed by atoms with Crippen molar-refractivity contribution < 1.29 is 14.6 Å². The Hall–Kier alpha value is -3.59. The Morgan fingerprint density at radius 3 is 2.73 bits per heavy atom. The van der Waals surface area contributed by atoms with Gasteiger partial charge in [-0.15, -0.1) is 0 Å². The van der Waals surface area contributed by atoms with Crippen LogP contribution in [0.5, 0.6) is 0 Å². The molecule has 26 heavy (non-hydrogen) atoms. The molecule has 0 bridgehead atoms. The van der Waals surface area contributed by atoms with Crippen LogP contribution in [0.3, 0.4) is 0 Å². The summed E-state index contributed by atoms with van der Waals surface area (Å²) in [6.07, 6.45) is 0. The summed E-state index contributed by atoms with van der Waals surface area (Å²) >= 11 is 0. The Morgan fingerprint density at radius 2 is 2.00 bits per heavy atom. The van der Waals surface area contributed by atoms with Crippen LogP contribution < -0.4 is 0 Å². The van der Waals surface area contributed by atoms with Gasteiger partial charge in [-0.25, -0.2) is 9.78 Å². The SMILES string of the molecule is Cc1cccc(C(=O)OCC(O)=C(C#N)c2nc3ccccc3[nH]2)c1C. The molecule has 6 heteroatoms. The predicted octanol–water partition coefficient (Wildman–Crippen LogP) is 3.83. The zero-order valence-corrected chi connectivity index (χ0v) is 14.4. The molecule has 0 fully saturated rings. The van der Waals surface area contributed by atoms with Crippen molar-refractivity contribution in [2.24, 2.45) is 0 Å². The van der Waals surface area contributed by atoms with Crippen LogP contribution in [0.1, 0.15) is 27.3 Å². The van der Waals surface area contributed by atoms with Crippen LogP contribution >= 0.6 is 0 Å². The maximum absolute atomic E-state index is 12.2. The number of esters is 1. The third kappa shape index (κ3) is 3.28. The summed E-state index contributed by atoms with van der Waals surface area (Å²) in [6, 6.07) is 14.5. The Morgan fingerprint density at radius 1 is 1.23 bits per heavy atom. The molecule has 3 aromatic rings. The van der Waals surface area contributed by atoms with Gasteiger partial charge in [0.05, 0.1) is 16.6 Å². The lowest BCUT2D eigenvalue weighted by Crippen LogP contribution is -2.11. The highest BCUT2D eigenvalue weighted by Gasteiger charge is 2.16. The molecule has 6 nitrogen and oxygen atoms in total. The van der Waals surface area contributed by atoms with Crippen LogP contribution in [0, 0.1) is 25.2 Å². The molecule has 3 rings (SSSR count). The van der Waals surface area contributed by atoms with Gasteiger partial charge < -0.3 is 14.8 Å². The van der Waals surface area contributed by atoms with E-state index >= 15 is 0 Å². The van der Waals surface area contributed by atoms with E-state index in [9.17, 15) is 15.2 Å². The second-order valence-electron chi connectivity index (χ2n) is 5.86. The Balaban J connectivity index is 1.82. The number of aliphatic hydroxyl groups excluding tert-OH is 1. The van der Waals surface area contributed by atoms with E-state index < -0.39 is 12.6 Å². The number of nitrogens with one attached hydrogen (secondary N) is 1. The second kappa shape index (κ2) is 7.11. The fourth-order valence-corrected chi connectivity index (χ4v) is 2.58. The second-order valence-corrected chi connectivity index (χ2v) is 5.86. The summed E-state index contributed by atoms with van der Waals surface area (Å²) in [7, 11) is 0. The van der Waals surface area contributed by atoms with Gasteiger partial charge in [-0.2, -0.15) is 5.26 Å². The molecule has 0 amide bonds. The summed E-state index contributed by atoms with van der Waals surface area (Å²) in [6.45, 7) is 3.32. The number of nitriles is 1. The van der Waals surface area contributed by atoms with Gasteiger partial charge in [-0.05, 0) is 43.2 Å². The summed E-state index contributed by atoms with van der Waals surface area (Å²) in [5, 5.41) is 19.6. The fourth-order valence-electron chi connectivity index (χ4n) is 2.58. The standard InChI is InChI=1S/C20H17N3O3/c1-12-6-5-7-14(13(12)2)20(25)26-11-18(24)15(10-21)19-22-16-8-3-4-9-17(16)23-19/h3-9,24H,11H2,1-2H3,(H,22,23). The number of aromatic nitrogens is 2. The number of nitrogens with zero attached hydrogens (tertiary/aromatic N) is 2. The van der Waals surface area contributed by atoms with Crippen molar-refractivity contribution in [3.05, 3.63) is 70.7 Å². The van der Waals surface area contributed by atoms with Crippen molar-refractivity contribution in [1.82, 2.24) is 9.97 Å². The largest absolute Gasteiger partial charge is 0.507 e. The number of carbonyl (C=O) groups is 1. The average molecular weight is 347 g/mol. The third-order valence-corrected chi connectivity index (χ3v) is 4.19. The van der Waals surface area contributed by atoms with Crippen LogP contribution in [0.15, 0.2) is 48.2 Å². The number of aliphatic hydroxyl groups is 1. The van der Waals surface area contributed by atoms with E-state index in [-0.39, 0.29) is 17.2 Å². The highest BCUT2D eigenvalue weighted by Crippen LogP contribution is 2.19. The van der Waals surface area contributed by atoms with Crippen LogP contribution in [-0.2, 0) is 4.74 Å². The summed E-state index contributed by atoms with van der Waals surface area (Å²) in [4.78, 5) is 19.5. The molecule has 2 N–H and O–H groups in total. The van der Waals surface area contributed by atoms with Crippen molar-refractivity contribution in [2.75, 3.05) is 6.61 Å². The summed E-state index contributed by atoms with van der Waals surface area (Å²) in [5.41, 5.74) is 3.58. The molecule has 1 aromatic heterocycles. The number of ether oxygens (including phenoxy) is 1. The Labute approximate surface area is 150 Å². The number of benzene rings is 2. The molecule has 0 saturated carbocycles. The minimum absolute atomic E-state index is 0.0602. The minimum Gasteiger partial charge on any atom is -0.507 e. The first-order valence-corrected chi connectivity index (χ1v) is 8.02. The topological polar surface area (TPSA) is 99.0 Å². The Kier molecular flexibility index (Phi) is 4.72. The van der Waals surface area contributed by atoms with E-state index in [0.717, 1.165) is 16.6 Å². The third-order valence-electron chi connectivity index (χ3n) is 4.19. The first-order chi connectivity index (χ1) is 12.5. The molecule has 0 radical (unpaired) electrons. The fraction of sp³-hybridized carbons (Fsp3) is 0.150. The number of hydrogen-bond acceptors (Lipinski definition) is 5. The molecule has 0 aliphatic heterocycles. The van der Waals surface area contributed by atoms with Crippen LogP contribution in [-0.4, -0.2) is 27.7 Å². The molecule has 0 unspecified atom stereocenters. The van der Waals surface area contributed by atoms with Crippen LogP contribution in [0.25, 0.3) is 16.6 Å². The van der Waals surface area contributed by atoms with E-state index in [4.69, 9.17) is 4.74 Å². The van der Waals surface area contributed by atoms with Gasteiger partial charge in [0.25, 0.3) is 0 Å². The van der Waals surface area contributed by atoms with Crippen molar-refractivity contribution in [3.63, 3.8) is 0 Å². The highest BCUT2D eigenvalue weighted by atomic mass is 16.5. The number of H-pyrrole nitrogens is 1. The molecule has 0 atom stereocenters. The zero-order chi connectivity index (χ0) is 18.7. The quantitative estimate of drug-likeness (QED) is 0.424. The lowest BCUT2D eigenvalue weighted by atomic mass is 10.0. The predicted molar refractivity (Wildman–Crippen MR) is 97.5 cm³/mol. The zero-order valence-electron chi connectivity index (χ0n) is 14.4. The van der Waals surface area contributed by atoms with E-state index in [0.29, 0.717) is 11.1 Å². The van der Waals surface area contributed by atoms with Crippen molar-refractivity contribution in [1.29, 1.82) is 5.26 Å². The normalized spacial score (nSPS) is 11.7. The summed E-state index contributed by atoms with van der Waals surface area (Å²) in [5.74, 6) is -0.682. The van der Waals surface area contributed by atoms with E-state index in [2.05, 4.69) is 9.97 Å². The van der Waals surface area contributed by atoms with Crippen LogP contribution in [0.4, 0.5) is 0 Å². The van der Waals surface area contributed by atoms with E-state index in [1.165, 1.54) is 0 Å². The molecule has 1 heterocycles. The van der Waals surface area contributed by atoms with Gasteiger partial charge in [0.2, 0.25) is 0 Å². The molecule has 0 aliphatic rings. The van der Waals surface area contributed by atoms with Crippen molar-refractivity contribution >= 4 is 22.6 Å². The number of aromatic amines is 1. The monoisotopic (exact) mass is 347 g/mol. The number of fused-ring (bicyclic) bond motifs is 1. The van der Waals surface area contributed by atoms with Gasteiger partial charge >= 0.3 is 5.97 Å². The molecule has 0 saturated heterocycles. The van der Waals surface area contributed by atoms with Gasteiger partial charge in [0.15, 0.2) is 11.6 Å². The number of carbonyl (C=O) groups excluding carboxylic acids is 1. The van der Waals surface area contributed by atoms with E-state index in [1.54, 1.807) is 18.2 Å². The maximum atomic E-state index is 12.2. The van der Waals surface area contributed by atoms with Gasteiger partial charge in [0, 0.05) is 0 Å². The summed E-state index contributed by atoms with van der Waals surface area (Å²) < 4.78 is 5.16. The first kappa shape index (κ1) is 17.2. The van der Waals surface area contributed by atoms with Gasteiger partial charge in [0.1, 0.15) is 18.2 Å². The smallest absolute Gasteiger partial charge is 0.338 e. The van der Waals surface area contributed by atoms with Crippen LogP contribution in [0.2, 0.25) is 0 Å². The molecule has 2 aromatic carbocycles. The lowest BCUT2D eigenvalue weighted by molar-refractivity contribution is 0.0502. The number of imidazole rings is 1. The maximum Gasteiger partial charge on any atom is 0.338 e.